The van der Waals surface area contributed by atoms with E-state index < -0.39 is 0 Å². The molecule has 0 radical (unpaired) electrons. The summed E-state index contributed by atoms with van der Waals surface area (Å²) in [6.07, 6.45) is 3.68. The molecular weight excluding hydrogens is 178 g/mol. The van der Waals surface area contributed by atoms with Crippen LogP contribution in [0.5, 0.6) is 6.01 Å². The lowest BCUT2D eigenvalue weighted by atomic mass is 10.4. The number of aryl methyl sites for hydroxylation is 2. The van der Waals surface area contributed by atoms with Crippen molar-refractivity contribution in [2.45, 2.75) is 13.8 Å². The summed E-state index contributed by atoms with van der Waals surface area (Å²) in [5.41, 5.74) is 7.11. The van der Waals surface area contributed by atoms with Crippen LogP contribution in [0.4, 0.5) is 0 Å². The molecule has 0 aromatic carbocycles. The van der Waals surface area contributed by atoms with Gasteiger partial charge in [0.15, 0.2) is 0 Å². The van der Waals surface area contributed by atoms with Crippen molar-refractivity contribution in [1.29, 1.82) is 0 Å². The van der Waals surface area contributed by atoms with Gasteiger partial charge in [0.2, 0.25) is 0 Å². The van der Waals surface area contributed by atoms with Crippen molar-refractivity contribution >= 4 is 0 Å². The summed E-state index contributed by atoms with van der Waals surface area (Å²) in [7, 11) is 0. The van der Waals surface area contributed by atoms with Crippen LogP contribution in [0, 0.1) is 13.8 Å². The average molecular weight is 193 g/mol. The average Bonchev–Trinajstić information content (AvgIpc) is 2.11. The molecule has 1 heterocycles. The molecule has 1 aromatic rings. The number of hydrogen-bond donors (Lipinski definition) is 1. The molecule has 76 valence electrons. The Labute approximate surface area is 83.8 Å². The molecule has 0 atom stereocenters. The molecule has 2 N–H and O–H groups in total. The highest BCUT2D eigenvalue weighted by atomic mass is 16.5. The maximum atomic E-state index is 5.31. The van der Waals surface area contributed by atoms with Crippen molar-refractivity contribution in [2.75, 3.05) is 13.2 Å². The third-order valence-corrected chi connectivity index (χ3v) is 1.57. The zero-order chi connectivity index (χ0) is 10.4. The molecule has 0 bridgehead atoms. The molecule has 0 fully saturated rings. The summed E-state index contributed by atoms with van der Waals surface area (Å²) in [6, 6.07) is 2.33. The van der Waals surface area contributed by atoms with Crippen molar-refractivity contribution in [3.8, 4) is 6.01 Å². The summed E-state index contributed by atoms with van der Waals surface area (Å²) in [4.78, 5) is 8.27. The van der Waals surface area contributed by atoms with Gasteiger partial charge in [0.1, 0.15) is 6.61 Å². The predicted octanol–water partition coefficient (Wildman–Crippen LogP) is 0.987. The van der Waals surface area contributed by atoms with Gasteiger partial charge >= 0.3 is 6.01 Å². The lowest BCUT2D eigenvalue weighted by Gasteiger charge is -2.02. The minimum Gasteiger partial charge on any atom is -0.459 e. The van der Waals surface area contributed by atoms with Gasteiger partial charge in [-0.3, -0.25) is 0 Å². The molecule has 0 unspecified atom stereocenters. The van der Waals surface area contributed by atoms with E-state index in [1.807, 2.05) is 32.1 Å². The third kappa shape index (κ3) is 3.53. The van der Waals surface area contributed by atoms with Crippen LogP contribution >= 0.6 is 0 Å². The van der Waals surface area contributed by atoms with Gasteiger partial charge in [-0.25, -0.2) is 9.97 Å². The zero-order valence-corrected chi connectivity index (χ0v) is 8.53. The second-order valence-electron chi connectivity index (χ2n) is 2.95. The summed E-state index contributed by atoms with van der Waals surface area (Å²) in [5.74, 6) is 0. The second kappa shape index (κ2) is 5.34. The molecular formula is C10H15N3O. The zero-order valence-electron chi connectivity index (χ0n) is 8.53. The normalized spacial score (nSPS) is 10.8. The van der Waals surface area contributed by atoms with Crippen LogP contribution in [0.15, 0.2) is 18.2 Å². The monoisotopic (exact) mass is 193 g/mol. The van der Waals surface area contributed by atoms with Gasteiger partial charge in [-0.1, -0.05) is 6.08 Å². The molecule has 1 rings (SSSR count). The van der Waals surface area contributed by atoms with Crippen LogP contribution in [0.25, 0.3) is 0 Å². The van der Waals surface area contributed by atoms with Gasteiger partial charge in [-0.05, 0) is 26.0 Å². The van der Waals surface area contributed by atoms with E-state index in [1.54, 1.807) is 0 Å². The SMILES string of the molecule is Cc1cc(C)nc(OCC=CCN)n1. The van der Waals surface area contributed by atoms with E-state index in [0.717, 1.165) is 11.4 Å². The van der Waals surface area contributed by atoms with Crippen LogP contribution in [0.2, 0.25) is 0 Å². The first-order valence-corrected chi connectivity index (χ1v) is 4.52. The number of rotatable bonds is 4. The van der Waals surface area contributed by atoms with E-state index in [2.05, 4.69) is 9.97 Å². The van der Waals surface area contributed by atoms with E-state index in [-0.39, 0.29) is 0 Å². The largest absolute Gasteiger partial charge is 0.459 e. The maximum Gasteiger partial charge on any atom is 0.317 e. The van der Waals surface area contributed by atoms with Crippen LogP contribution in [0.3, 0.4) is 0 Å². The highest BCUT2D eigenvalue weighted by Gasteiger charge is 1.98. The molecule has 4 heteroatoms. The summed E-state index contributed by atoms with van der Waals surface area (Å²) >= 11 is 0. The van der Waals surface area contributed by atoms with Gasteiger partial charge < -0.3 is 10.5 Å². The van der Waals surface area contributed by atoms with Gasteiger partial charge in [0.05, 0.1) is 0 Å². The minimum atomic E-state index is 0.421. The Balaban J connectivity index is 2.54. The van der Waals surface area contributed by atoms with Gasteiger partial charge in [-0.15, -0.1) is 0 Å². The van der Waals surface area contributed by atoms with Crippen molar-refractivity contribution in [1.82, 2.24) is 9.97 Å². The number of hydrogen-bond acceptors (Lipinski definition) is 4. The molecule has 0 aliphatic rings. The summed E-state index contributed by atoms with van der Waals surface area (Å²) in [6.45, 7) is 4.81. The Morgan fingerprint density at radius 3 is 2.50 bits per heavy atom. The van der Waals surface area contributed by atoms with Crippen LogP contribution in [-0.2, 0) is 0 Å². The summed E-state index contributed by atoms with van der Waals surface area (Å²) in [5, 5.41) is 0. The van der Waals surface area contributed by atoms with Gasteiger partial charge in [0.25, 0.3) is 0 Å². The molecule has 0 aliphatic heterocycles. The van der Waals surface area contributed by atoms with Crippen LogP contribution in [-0.4, -0.2) is 23.1 Å². The van der Waals surface area contributed by atoms with Gasteiger partial charge in [0, 0.05) is 17.9 Å². The lowest BCUT2D eigenvalue weighted by Crippen LogP contribution is -2.02. The second-order valence-corrected chi connectivity index (χ2v) is 2.95. The smallest absolute Gasteiger partial charge is 0.317 e. The molecule has 14 heavy (non-hydrogen) atoms. The minimum absolute atomic E-state index is 0.421. The standard InChI is InChI=1S/C10H15N3O/c1-8-7-9(2)13-10(12-8)14-6-4-3-5-11/h3-4,7H,5-6,11H2,1-2H3. The highest BCUT2D eigenvalue weighted by molar-refractivity contribution is 5.11. The number of nitrogens with zero attached hydrogens (tertiary/aromatic N) is 2. The number of aromatic nitrogens is 2. The fourth-order valence-electron chi connectivity index (χ4n) is 1.05. The van der Waals surface area contributed by atoms with E-state index in [9.17, 15) is 0 Å². The molecule has 1 aromatic heterocycles. The molecule has 0 aliphatic carbocycles. The Bertz CT molecular complexity index is 303. The van der Waals surface area contributed by atoms with E-state index in [0.29, 0.717) is 19.2 Å². The topological polar surface area (TPSA) is 61.0 Å². The number of ether oxygens (including phenoxy) is 1. The van der Waals surface area contributed by atoms with E-state index >= 15 is 0 Å². The molecule has 4 nitrogen and oxygen atoms in total. The number of nitrogens with two attached hydrogens (primary N) is 1. The Hall–Kier alpha value is -1.42. The first-order chi connectivity index (χ1) is 6.72. The van der Waals surface area contributed by atoms with E-state index in [4.69, 9.17) is 10.5 Å². The van der Waals surface area contributed by atoms with Crippen molar-refractivity contribution in [3.05, 3.63) is 29.6 Å². The predicted molar refractivity (Wildman–Crippen MR) is 55.2 cm³/mol. The Morgan fingerprint density at radius 1 is 1.29 bits per heavy atom. The Kier molecular flexibility index (Phi) is 4.07. The first kappa shape index (κ1) is 10.7. The first-order valence-electron chi connectivity index (χ1n) is 4.52. The lowest BCUT2D eigenvalue weighted by molar-refractivity contribution is 0.331. The maximum absolute atomic E-state index is 5.31. The quantitative estimate of drug-likeness (QED) is 0.724. The molecule has 0 spiro atoms. The van der Waals surface area contributed by atoms with E-state index in [1.165, 1.54) is 0 Å². The fourth-order valence-corrected chi connectivity index (χ4v) is 1.05. The van der Waals surface area contributed by atoms with Gasteiger partial charge in [-0.2, -0.15) is 0 Å². The third-order valence-electron chi connectivity index (χ3n) is 1.57. The highest BCUT2D eigenvalue weighted by Crippen LogP contribution is 2.05. The van der Waals surface area contributed by atoms with Crippen molar-refractivity contribution < 1.29 is 4.74 Å². The fraction of sp³-hybridized carbons (Fsp3) is 0.400. The van der Waals surface area contributed by atoms with Crippen molar-refractivity contribution in [3.63, 3.8) is 0 Å². The Morgan fingerprint density at radius 2 is 1.93 bits per heavy atom. The van der Waals surface area contributed by atoms with Crippen LogP contribution < -0.4 is 10.5 Å². The molecule has 0 saturated heterocycles. The molecule has 0 saturated carbocycles. The summed E-state index contributed by atoms with van der Waals surface area (Å²) < 4.78 is 5.31. The molecule has 0 amide bonds. The van der Waals surface area contributed by atoms with Crippen LogP contribution in [0.1, 0.15) is 11.4 Å². The van der Waals surface area contributed by atoms with Crippen molar-refractivity contribution in [2.24, 2.45) is 5.73 Å².